The number of nitrogens with zero attached hydrogens (tertiary/aromatic N) is 1. The van der Waals surface area contributed by atoms with Gasteiger partial charge in [-0.3, -0.25) is 4.90 Å². The first-order valence-corrected chi connectivity index (χ1v) is 6.31. The van der Waals surface area contributed by atoms with E-state index in [2.05, 4.69) is 41.4 Å². The molecule has 94 valence electrons. The molecule has 0 amide bonds. The second kappa shape index (κ2) is 6.15. The van der Waals surface area contributed by atoms with E-state index in [0.717, 1.165) is 32.8 Å². The van der Waals surface area contributed by atoms with Crippen LogP contribution in [0, 0.1) is 0 Å². The number of fused-ring (bicyclic) bond motifs is 1. The zero-order valence-electron chi connectivity index (χ0n) is 10.8. The number of ether oxygens (including phenoxy) is 1. The van der Waals surface area contributed by atoms with Crippen LogP contribution in [-0.4, -0.2) is 37.7 Å². The predicted octanol–water partition coefficient (Wildman–Crippen LogP) is 1.63. The van der Waals surface area contributed by atoms with Crippen LogP contribution in [0.25, 0.3) is 0 Å². The van der Waals surface area contributed by atoms with Crippen molar-refractivity contribution in [2.24, 2.45) is 0 Å². The number of rotatable bonds is 6. The second-order valence-electron chi connectivity index (χ2n) is 4.72. The minimum absolute atomic E-state index is 0.569. The summed E-state index contributed by atoms with van der Waals surface area (Å²) in [7, 11) is 1.74. The van der Waals surface area contributed by atoms with Gasteiger partial charge in [-0.05, 0) is 18.1 Å². The Morgan fingerprint density at radius 1 is 1.29 bits per heavy atom. The summed E-state index contributed by atoms with van der Waals surface area (Å²) in [6.45, 7) is 7.20. The Kier molecular flexibility index (Phi) is 4.54. The number of hydrogen-bond donors (Lipinski definition) is 1. The summed E-state index contributed by atoms with van der Waals surface area (Å²) in [5.41, 5.74) is 2.97. The molecule has 0 saturated carbocycles. The van der Waals surface area contributed by atoms with Gasteiger partial charge in [-0.2, -0.15) is 0 Å². The van der Waals surface area contributed by atoms with Gasteiger partial charge >= 0.3 is 0 Å². The van der Waals surface area contributed by atoms with E-state index in [9.17, 15) is 0 Å². The normalized spacial score (nSPS) is 17.1. The van der Waals surface area contributed by atoms with Gasteiger partial charge in [0.25, 0.3) is 0 Å². The second-order valence-corrected chi connectivity index (χ2v) is 4.72. The lowest BCUT2D eigenvalue weighted by Gasteiger charge is -2.24. The Morgan fingerprint density at radius 2 is 1.94 bits per heavy atom. The minimum atomic E-state index is 0.569. The lowest BCUT2D eigenvalue weighted by atomic mass is 10.1. The van der Waals surface area contributed by atoms with Gasteiger partial charge < -0.3 is 10.1 Å². The van der Waals surface area contributed by atoms with Crippen LogP contribution in [0.15, 0.2) is 24.3 Å². The average molecular weight is 234 g/mol. The van der Waals surface area contributed by atoms with Crippen LogP contribution < -0.4 is 5.32 Å². The predicted molar refractivity (Wildman–Crippen MR) is 69.9 cm³/mol. The molecule has 0 spiro atoms. The van der Waals surface area contributed by atoms with Crippen LogP contribution in [0.2, 0.25) is 0 Å². The Labute approximate surface area is 104 Å². The third-order valence-electron chi connectivity index (χ3n) is 3.41. The van der Waals surface area contributed by atoms with Crippen LogP contribution >= 0.6 is 0 Å². The van der Waals surface area contributed by atoms with Crippen molar-refractivity contribution in [1.29, 1.82) is 0 Å². The Bertz CT molecular complexity index is 329. The lowest BCUT2D eigenvalue weighted by molar-refractivity contribution is 0.183. The van der Waals surface area contributed by atoms with Crippen LogP contribution in [0.1, 0.15) is 18.1 Å². The Morgan fingerprint density at radius 3 is 2.53 bits per heavy atom. The molecule has 0 saturated heterocycles. The quantitative estimate of drug-likeness (QED) is 0.757. The highest BCUT2D eigenvalue weighted by Crippen LogP contribution is 2.23. The average Bonchev–Trinajstić information content (AvgIpc) is 2.78. The topological polar surface area (TPSA) is 24.5 Å². The molecule has 1 atom stereocenters. The van der Waals surface area contributed by atoms with Crippen molar-refractivity contribution in [2.75, 3.05) is 26.8 Å². The number of methoxy groups -OCH3 is 1. The largest absolute Gasteiger partial charge is 0.383 e. The van der Waals surface area contributed by atoms with Crippen LogP contribution in [0.5, 0.6) is 0 Å². The third-order valence-corrected chi connectivity index (χ3v) is 3.41. The lowest BCUT2D eigenvalue weighted by Crippen LogP contribution is -2.38. The van der Waals surface area contributed by atoms with Gasteiger partial charge in [-0.25, -0.2) is 0 Å². The minimum Gasteiger partial charge on any atom is -0.383 e. The van der Waals surface area contributed by atoms with Crippen LogP contribution in [-0.2, 0) is 17.8 Å². The molecule has 2 rings (SSSR count). The SMILES string of the molecule is COCCNCC(C)N1Cc2ccccc2C1. The molecule has 0 aromatic heterocycles. The maximum atomic E-state index is 5.02. The summed E-state index contributed by atoms with van der Waals surface area (Å²) in [6.07, 6.45) is 0. The molecule has 0 aliphatic carbocycles. The highest BCUT2D eigenvalue weighted by Gasteiger charge is 2.22. The van der Waals surface area contributed by atoms with Gasteiger partial charge in [-0.1, -0.05) is 24.3 Å². The molecular formula is C14H22N2O. The van der Waals surface area contributed by atoms with Gasteiger partial charge in [-0.15, -0.1) is 0 Å². The molecule has 3 nitrogen and oxygen atoms in total. The van der Waals surface area contributed by atoms with E-state index in [-0.39, 0.29) is 0 Å². The summed E-state index contributed by atoms with van der Waals surface area (Å²) in [5.74, 6) is 0. The number of hydrogen-bond acceptors (Lipinski definition) is 3. The first-order chi connectivity index (χ1) is 8.31. The fraction of sp³-hybridized carbons (Fsp3) is 0.571. The van der Waals surface area contributed by atoms with Gasteiger partial charge in [0.05, 0.1) is 6.61 Å². The molecule has 1 aromatic carbocycles. The molecule has 1 heterocycles. The summed E-state index contributed by atoms with van der Waals surface area (Å²) in [5, 5.41) is 3.42. The van der Waals surface area contributed by atoms with Gasteiger partial charge in [0, 0.05) is 39.3 Å². The molecule has 1 unspecified atom stereocenters. The Balaban J connectivity index is 1.78. The van der Waals surface area contributed by atoms with Gasteiger partial charge in [0.15, 0.2) is 0 Å². The zero-order chi connectivity index (χ0) is 12.1. The van der Waals surface area contributed by atoms with E-state index in [1.165, 1.54) is 11.1 Å². The highest BCUT2D eigenvalue weighted by atomic mass is 16.5. The van der Waals surface area contributed by atoms with Crippen LogP contribution in [0.4, 0.5) is 0 Å². The van der Waals surface area contributed by atoms with Crippen molar-refractivity contribution in [2.45, 2.75) is 26.1 Å². The molecule has 0 bridgehead atoms. The number of nitrogens with one attached hydrogen (secondary N) is 1. The van der Waals surface area contributed by atoms with Crippen molar-refractivity contribution in [3.8, 4) is 0 Å². The van der Waals surface area contributed by atoms with E-state index in [0.29, 0.717) is 6.04 Å². The van der Waals surface area contributed by atoms with E-state index >= 15 is 0 Å². The Hall–Kier alpha value is -0.900. The van der Waals surface area contributed by atoms with Crippen molar-refractivity contribution >= 4 is 0 Å². The van der Waals surface area contributed by atoms with Crippen molar-refractivity contribution < 1.29 is 4.74 Å². The summed E-state index contributed by atoms with van der Waals surface area (Å²) >= 11 is 0. The first-order valence-electron chi connectivity index (χ1n) is 6.31. The molecule has 1 aliphatic heterocycles. The maximum absolute atomic E-state index is 5.02. The molecule has 0 fully saturated rings. The standard InChI is InChI=1S/C14H22N2O/c1-12(9-15-7-8-17-2)16-10-13-5-3-4-6-14(13)11-16/h3-6,12,15H,7-11H2,1-2H3. The molecule has 1 N–H and O–H groups in total. The van der Waals surface area contributed by atoms with E-state index in [4.69, 9.17) is 4.74 Å². The fourth-order valence-electron chi connectivity index (χ4n) is 2.29. The van der Waals surface area contributed by atoms with Gasteiger partial charge in [0.1, 0.15) is 0 Å². The van der Waals surface area contributed by atoms with Crippen molar-refractivity contribution in [3.63, 3.8) is 0 Å². The molecule has 17 heavy (non-hydrogen) atoms. The van der Waals surface area contributed by atoms with E-state index in [1.807, 2.05) is 0 Å². The molecular weight excluding hydrogens is 212 g/mol. The van der Waals surface area contributed by atoms with Crippen molar-refractivity contribution in [1.82, 2.24) is 10.2 Å². The molecule has 3 heteroatoms. The summed E-state index contributed by atoms with van der Waals surface area (Å²) in [4.78, 5) is 2.52. The molecule has 1 aliphatic rings. The zero-order valence-corrected chi connectivity index (χ0v) is 10.8. The van der Waals surface area contributed by atoms with Gasteiger partial charge in [0.2, 0.25) is 0 Å². The van der Waals surface area contributed by atoms with Crippen LogP contribution in [0.3, 0.4) is 0 Å². The third kappa shape index (κ3) is 3.28. The van der Waals surface area contributed by atoms with E-state index < -0.39 is 0 Å². The molecule has 1 aromatic rings. The first kappa shape index (κ1) is 12.6. The van der Waals surface area contributed by atoms with E-state index in [1.54, 1.807) is 7.11 Å². The number of benzene rings is 1. The summed E-state index contributed by atoms with van der Waals surface area (Å²) in [6, 6.07) is 9.30. The maximum Gasteiger partial charge on any atom is 0.0587 e. The smallest absolute Gasteiger partial charge is 0.0587 e. The fourth-order valence-corrected chi connectivity index (χ4v) is 2.29. The highest BCUT2D eigenvalue weighted by molar-refractivity contribution is 5.30. The summed E-state index contributed by atoms with van der Waals surface area (Å²) < 4.78 is 5.02. The van der Waals surface area contributed by atoms with Crippen molar-refractivity contribution in [3.05, 3.63) is 35.4 Å². The molecule has 0 radical (unpaired) electrons. The monoisotopic (exact) mass is 234 g/mol.